The topological polar surface area (TPSA) is 101 Å². The molecular weight excluding hydrogens is 424 g/mol. The van der Waals surface area contributed by atoms with E-state index in [9.17, 15) is 14.7 Å². The zero-order chi connectivity index (χ0) is 22.5. The highest BCUT2D eigenvalue weighted by molar-refractivity contribution is 6.46. The van der Waals surface area contributed by atoms with Crippen LogP contribution in [0.25, 0.3) is 16.7 Å². The molecule has 8 nitrogen and oxygen atoms in total. The first-order chi connectivity index (χ1) is 16.1. The molecule has 33 heavy (non-hydrogen) atoms. The van der Waals surface area contributed by atoms with Crippen LogP contribution in [0.1, 0.15) is 30.0 Å². The van der Waals surface area contributed by atoms with E-state index in [1.807, 2.05) is 24.3 Å². The highest BCUT2D eigenvalue weighted by atomic mass is 16.7. The van der Waals surface area contributed by atoms with Crippen LogP contribution in [0.4, 0.5) is 0 Å². The number of aliphatic hydroxyl groups is 1. The molecule has 6 rings (SSSR count). The van der Waals surface area contributed by atoms with Crippen LogP contribution in [0.3, 0.4) is 0 Å². The zero-order valence-electron chi connectivity index (χ0n) is 17.7. The minimum absolute atomic E-state index is 0.0571. The van der Waals surface area contributed by atoms with Crippen molar-refractivity contribution in [2.45, 2.75) is 25.0 Å². The fraction of sp³-hybridized carbons (Fsp3) is 0.280. The van der Waals surface area contributed by atoms with Crippen molar-refractivity contribution in [3.63, 3.8) is 0 Å². The lowest BCUT2D eigenvalue weighted by Crippen LogP contribution is -2.36. The van der Waals surface area contributed by atoms with Gasteiger partial charge in [0.25, 0.3) is 11.7 Å². The second kappa shape index (κ2) is 7.67. The quantitative estimate of drug-likeness (QED) is 0.361. The Morgan fingerprint density at radius 2 is 1.97 bits per heavy atom. The molecule has 1 amide bonds. The molecule has 0 spiro atoms. The lowest BCUT2D eigenvalue weighted by molar-refractivity contribution is -0.140. The van der Waals surface area contributed by atoms with E-state index in [4.69, 9.17) is 14.2 Å². The largest absolute Gasteiger partial charge is 0.507 e. The molecule has 2 atom stereocenters. The third-order valence-electron chi connectivity index (χ3n) is 6.53. The van der Waals surface area contributed by atoms with Gasteiger partial charge in [-0.05, 0) is 37.1 Å². The molecule has 1 aromatic heterocycles. The normalized spacial score (nSPS) is 23.7. The summed E-state index contributed by atoms with van der Waals surface area (Å²) >= 11 is 0. The predicted molar refractivity (Wildman–Crippen MR) is 119 cm³/mol. The summed E-state index contributed by atoms with van der Waals surface area (Å²) in [5.74, 6) is -0.534. The van der Waals surface area contributed by atoms with Crippen molar-refractivity contribution in [3.8, 4) is 11.5 Å². The van der Waals surface area contributed by atoms with E-state index in [-0.39, 0.29) is 30.8 Å². The highest BCUT2D eigenvalue weighted by Gasteiger charge is 2.47. The van der Waals surface area contributed by atoms with Gasteiger partial charge in [-0.25, -0.2) is 0 Å². The van der Waals surface area contributed by atoms with E-state index in [1.165, 1.54) is 4.90 Å². The number of ketones is 1. The van der Waals surface area contributed by atoms with Gasteiger partial charge in [-0.3, -0.25) is 9.59 Å². The number of likely N-dealkylation sites (tertiary alicyclic amines) is 1. The van der Waals surface area contributed by atoms with E-state index in [0.717, 1.165) is 29.3 Å². The molecule has 0 radical (unpaired) electrons. The van der Waals surface area contributed by atoms with Crippen LogP contribution in [-0.2, 0) is 14.3 Å². The molecular formula is C25H22N2O6. The van der Waals surface area contributed by atoms with E-state index in [1.54, 1.807) is 24.4 Å². The van der Waals surface area contributed by atoms with Gasteiger partial charge in [0.05, 0.1) is 17.7 Å². The molecule has 2 aromatic carbocycles. The summed E-state index contributed by atoms with van der Waals surface area (Å²) in [6.45, 7) is 1.02. The Labute approximate surface area is 189 Å². The fourth-order valence-electron chi connectivity index (χ4n) is 4.92. The van der Waals surface area contributed by atoms with Crippen molar-refractivity contribution in [1.29, 1.82) is 0 Å². The zero-order valence-corrected chi connectivity index (χ0v) is 17.7. The van der Waals surface area contributed by atoms with Crippen molar-refractivity contribution < 1.29 is 28.9 Å². The fourth-order valence-corrected chi connectivity index (χ4v) is 4.92. The number of amides is 1. The monoisotopic (exact) mass is 446 g/mol. The number of carbonyl (C=O) groups is 2. The molecule has 8 heteroatoms. The lowest BCUT2D eigenvalue weighted by atomic mass is 9.94. The average molecular weight is 446 g/mol. The number of aliphatic hydroxyl groups excluding tert-OH is 1. The first-order valence-corrected chi connectivity index (χ1v) is 11.0. The van der Waals surface area contributed by atoms with Crippen LogP contribution in [0.2, 0.25) is 0 Å². The number of nitrogens with one attached hydrogen (secondary N) is 1. The summed E-state index contributed by atoms with van der Waals surface area (Å²) in [6, 6.07) is 11.9. The lowest BCUT2D eigenvalue weighted by Gasteiger charge is -2.27. The third kappa shape index (κ3) is 3.17. The van der Waals surface area contributed by atoms with Gasteiger partial charge in [-0.2, -0.15) is 0 Å². The molecule has 0 bridgehead atoms. The first-order valence-electron chi connectivity index (χ1n) is 11.0. The number of H-pyrrole nitrogens is 1. The molecule has 2 unspecified atom stereocenters. The number of Topliss-reactive ketones (excluding diaryl/α,β-unsaturated/α-hetero) is 1. The molecule has 168 valence electrons. The van der Waals surface area contributed by atoms with Gasteiger partial charge in [0.15, 0.2) is 11.5 Å². The van der Waals surface area contributed by atoms with Crippen LogP contribution >= 0.6 is 0 Å². The Kier molecular flexibility index (Phi) is 4.62. The second-order valence-electron chi connectivity index (χ2n) is 8.44. The maximum atomic E-state index is 13.3. The van der Waals surface area contributed by atoms with Crippen LogP contribution in [0.5, 0.6) is 11.5 Å². The van der Waals surface area contributed by atoms with E-state index >= 15 is 0 Å². The third-order valence-corrected chi connectivity index (χ3v) is 6.53. The summed E-state index contributed by atoms with van der Waals surface area (Å²) in [7, 11) is 0. The minimum Gasteiger partial charge on any atom is -0.507 e. The molecule has 3 aliphatic heterocycles. The Morgan fingerprint density at radius 1 is 1.12 bits per heavy atom. The Balaban J connectivity index is 1.51. The molecule has 0 saturated carbocycles. The standard InChI is InChI=1S/C25H22N2O6/c28-23(14-7-8-19-20(10-14)33-13-32-19)21-22(17-11-26-18-6-2-1-5-16(17)18)27(25(30)24(21)29)12-15-4-3-9-31-15/h1-2,5-8,10-11,15,22,26,28H,3-4,9,12-13H2/b23-21+. The van der Waals surface area contributed by atoms with Crippen molar-refractivity contribution in [1.82, 2.24) is 9.88 Å². The van der Waals surface area contributed by atoms with Crippen molar-refractivity contribution in [2.24, 2.45) is 0 Å². The van der Waals surface area contributed by atoms with Gasteiger partial charge in [0.1, 0.15) is 5.76 Å². The van der Waals surface area contributed by atoms with E-state index < -0.39 is 17.7 Å². The van der Waals surface area contributed by atoms with Crippen LogP contribution in [-0.4, -0.2) is 52.7 Å². The smallest absolute Gasteiger partial charge is 0.295 e. The first kappa shape index (κ1) is 19.9. The molecule has 2 fully saturated rings. The van der Waals surface area contributed by atoms with Gasteiger partial charge in [0, 0.05) is 41.4 Å². The maximum Gasteiger partial charge on any atom is 0.295 e. The van der Waals surface area contributed by atoms with Gasteiger partial charge >= 0.3 is 0 Å². The number of rotatable bonds is 4. The highest BCUT2D eigenvalue weighted by Crippen LogP contribution is 2.43. The predicted octanol–water partition coefficient (Wildman–Crippen LogP) is 3.50. The summed E-state index contributed by atoms with van der Waals surface area (Å²) in [5.41, 5.74) is 2.09. The Hall–Kier alpha value is -3.78. The number of hydrogen-bond donors (Lipinski definition) is 2. The second-order valence-corrected chi connectivity index (χ2v) is 8.44. The van der Waals surface area contributed by atoms with Crippen LogP contribution in [0.15, 0.2) is 54.2 Å². The molecule has 3 aromatic rings. The molecule has 2 N–H and O–H groups in total. The summed E-state index contributed by atoms with van der Waals surface area (Å²) in [4.78, 5) is 31.2. The summed E-state index contributed by atoms with van der Waals surface area (Å²) < 4.78 is 16.5. The van der Waals surface area contributed by atoms with Gasteiger partial charge in [-0.1, -0.05) is 18.2 Å². The molecule has 2 saturated heterocycles. The van der Waals surface area contributed by atoms with Gasteiger partial charge in [0.2, 0.25) is 6.79 Å². The maximum absolute atomic E-state index is 13.3. The number of benzene rings is 2. The summed E-state index contributed by atoms with van der Waals surface area (Å²) in [5, 5.41) is 12.2. The number of ether oxygens (including phenoxy) is 3. The number of nitrogens with zero attached hydrogens (tertiary/aromatic N) is 1. The number of aromatic amines is 1. The van der Waals surface area contributed by atoms with Crippen molar-refractivity contribution in [3.05, 3.63) is 65.4 Å². The minimum atomic E-state index is -0.740. The molecule has 3 aliphatic rings. The number of carbonyl (C=O) groups excluding carboxylic acids is 2. The van der Waals surface area contributed by atoms with E-state index in [2.05, 4.69) is 4.98 Å². The van der Waals surface area contributed by atoms with Crippen molar-refractivity contribution in [2.75, 3.05) is 19.9 Å². The number of fused-ring (bicyclic) bond motifs is 2. The Bertz CT molecular complexity index is 1300. The molecule has 4 heterocycles. The molecule has 0 aliphatic carbocycles. The van der Waals surface area contributed by atoms with Crippen LogP contribution < -0.4 is 9.47 Å². The van der Waals surface area contributed by atoms with Crippen molar-refractivity contribution >= 4 is 28.4 Å². The van der Waals surface area contributed by atoms with Gasteiger partial charge < -0.3 is 29.2 Å². The summed E-state index contributed by atoms with van der Waals surface area (Å²) in [6.07, 6.45) is 3.41. The Morgan fingerprint density at radius 3 is 2.82 bits per heavy atom. The number of para-hydroxylation sites is 1. The van der Waals surface area contributed by atoms with E-state index in [0.29, 0.717) is 23.7 Å². The average Bonchev–Trinajstić information content (AvgIpc) is 3.62. The van der Waals surface area contributed by atoms with Gasteiger partial charge in [-0.15, -0.1) is 0 Å². The number of hydrogen-bond acceptors (Lipinski definition) is 6. The number of aromatic nitrogens is 1. The SMILES string of the molecule is O=C1C(=O)N(CC2CCCO2)C(c2c[nH]c3ccccc23)/C1=C(\O)c1ccc2c(c1)OCO2. The van der Waals surface area contributed by atoms with Crippen LogP contribution in [0, 0.1) is 0 Å².